The molecule has 138 valence electrons. The van der Waals surface area contributed by atoms with E-state index in [1.54, 1.807) is 13.8 Å². The van der Waals surface area contributed by atoms with Crippen LogP contribution in [0.15, 0.2) is 0 Å². The molecule has 0 aromatic rings. The van der Waals surface area contributed by atoms with E-state index in [4.69, 9.17) is 19.2 Å². The Morgan fingerprint density at radius 3 is 2.38 bits per heavy atom. The van der Waals surface area contributed by atoms with E-state index in [9.17, 15) is 13.2 Å². The van der Waals surface area contributed by atoms with Crippen LogP contribution in [-0.4, -0.2) is 28.4 Å². The normalized spacial score (nSPS) is 57.4. The molecule has 4 nitrogen and oxygen atoms in total. The Hall–Kier alpha value is 0.110. The van der Waals surface area contributed by atoms with Gasteiger partial charge in [0.15, 0.2) is 11.9 Å². The minimum Gasteiger partial charge on any atom is -0.322 e. The zero-order valence-electron chi connectivity index (χ0n) is 13.9. The van der Waals surface area contributed by atoms with Crippen molar-refractivity contribution in [1.29, 1.82) is 0 Å². The first-order valence-corrected chi connectivity index (χ1v) is 9.31. The van der Waals surface area contributed by atoms with Crippen molar-refractivity contribution in [3.05, 3.63) is 0 Å². The maximum atomic E-state index is 13.8. The van der Waals surface area contributed by atoms with Gasteiger partial charge in [0.2, 0.25) is 10.3 Å². The number of alkyl halides is 4. The molecule has 5 fully saturated rings. The largest absolute Gasteiger partial charge is 0.427 e. The van der Waals surface area contributed by atoms with Crippen molar-refractivity contribution in [2.75, 3.05) is 0 Å². The number of hydrogen-bond donors (Lipinski definition) is 0. The van der Waals surface area contributed by atoms with Crippen molar-refractivity contribution in [1.82, 2.24) is 0 Å². The summed E-state index contributed by atoms with van der Waals surface area (Å²) < 4.78 is 50.4. The molecule has 5 aliphatic rings. The molecular formula is C16H22BrF3O4. The van der Waals surface area contributed by atoms with Crippen molar-refractivity contribution in [3.8, 4) is 0 Å². The summed E-state index contributed by atoms with van der Waals surface area (Å²) in [6.45, 7) is 5.40. The van der Waals surface area contributed by atoms with Gasteiger partial charge in [0.1, 0.15) is 0 Å². The van der Waals surface area contributed by atoms with Gasteiger partial charge >= 0.3 is 6.18 Å². The van der Waals surface area contributed by atoms with E-state index in [-0.39, 0.29) is 11.8 Å². The third-order valence-electron chi connectivity index (χ3n) is 6.63. The third kappa shape index (κ3) is 2.06. The summed E-state index contributed by atoms with van der Waals surface area (Å²) in [5, 5.41) is 0. The summed E-state index contributed by atoms with van der Waals surface area (Å²) in [6.07, 6.45) is -2.79. The SMILES string of the molecule is C[C@@H]1CC[C@H]2[C@@H](C)[C@](Br)(C(F)(F)F)O[C@@H]3O[C@@]4(C)CCC1[C@]32OO4. The lowest BCUT2D eigenvalue weighted by Crippen LogP contribution is -2.74. The number of ether oxygens (including phenoxy) is 2. The summed E-state index contributed by atoms with van der Waals surface area (Å²) in [7, 11) is 0. The van der Waals surface area contributed by atoms with E-state index >= 15 is 0 Å². The number of halogens is 4. The Labute approximate surface area is 147 Å². The van der Waals surface area contributed by atoms with Gasteiger partial charge in [-0.15, -0.1) is 0 Å². The molecule has 0 N–H and O–H groups in total. The van der Waals surface area contributed by atoms with E-state index in [0.717, 1.165) is 12.8 Å². The van der Waals surface area contributed by atoms with E-state index < -0.39 is 34.3 Å². The zero-order chi connectivity index (χ0) is 17.5. The molecule has 0 amide bonds. The zero-order valence-corrected chi connectivity index (χ0v) is 15.4. The highest BCUT2D eigenvalue weighted by Gasteiger charge is 2.75. The molecule has 1 saturated carbocycles. The molecule has 4 aliphatic heterocycles. The van der Waals surface area contributed by atoms with Gasteiger partial charge in [0, 0.05) is 18.3 Å². The Balaban J connectivity index is 1.84. The first kappa shape index (κ1) is 17.5. The summed E-state index contributed by atoms with van der Waals surface area (Å²) in [4.78, 5) is 11.4. The van der Waals surface area contributed by atoms with Crippen molar-refractivity contribution in [3.63, 3.8) is 0 Å². The van der Waals surface area contributed by atoms with Gasteiger partial charge in [0.25, 0.3) is 0 Å². The Bertz CT molecular complexity index is 546. The Morgan fingerprint density at radius 1 is 1.00 bits per heavy atom. The molecule has 5 rings (SSSR count). The highest BCUT2D eigenvalue weighted by atomic mass is 79.9. The molecule has 1 spiro atoms. The van der Waals surface area contributed by atoms with Crippen LogP contribution < -0.4 is 0 Å². The molecular weight excluding hydrogens is 393 g/mol. The molecule has 2 bridgehead atoms. The second kappa shape index (κ2) is 5.09. The number of fused-ring (bicyclic) bond motifs is 2. The summed E-state index contributed by atoms with van der Waals surface area (Å²) in [5.74, 6) is -1.88. The lowest BCUT2D eigenvalue weighted by molar-refractivity contribution is -0.577. The van der Waals surface area contributed by atoms with Crippen LogP contribution >= 0.6 is 15.9 Å². The van der Waals surface area contributed by atoms with Crippen molar-refractivity contribution < 1.29 is 32.4 Å². The quantitative estimate of drug-likeness (QED) is 0.431. The average Bonchev–Trinajstić information content (AvgIpc) is 2.70. The van der Waals surface area contributed by atoms with E-state index in [1.165, 1.54) is 0 Å². The topological polar surface area (TPSA) is 36.9 Å². The summed E-state index contributed by atoms with van der Waals surface area (Å²) >= 11 is 2.87. The molecule has 1 unspecified atom stereocenters. The fraction of sp³-hybridized carbons (Fsp3) is 1.00. The lowest BCUT2D eigenvalue weighted by Gasteiger charge is -2.62. The van der Waals surface area contributed by atoms with Crippen molar-refractivity contribution in [2.24, 2.45) is 23.7 Å². The maximum Gasteiger partial charge on any atom is 0.427 e. The van der Waals surface area contributed by atoms with E-state index in [1.807, 2.05) is 0 Å². The van der Waals surface area contributed by atoms with Gasteiger partial charge in [-0.25, -0.2) is 9.78 Å². The fourth-order valence-corrected chi connectivity index (χ4v) is 5.72. The molecule has 1 aliphatic carbocycles. The van der Waals surface area contributed by atoms with Gasteiger partial charge in [0.05, 0.1) is 0 Å². The monoisotopic (exact) mass is 414 g/mol. The highest BCUT2D eigenvalue weighted by Crippen LogP contribution is 2.65. The second-order valence-corrected chi connectivity index (χ2v) is 9.14. The first-order valence-electron chi connectivity index (χ1n) is 8.51. The standard InChI is InChI=1S/C16H22BrF3O4/c1-8-4-5-11-9(2)15(17,16(18,19)20)22-12-14(11)10(8)6-7-13(3,21-12)23-24-14/h8-12H,4-7H2,1-3H3/t8-,9-,10?,11+,12+,13-,14-,15-/m1/s1. The number of hydrogen-bond acceptors (Lipinski definition) is 4. The van der Waals surface area contributed by atoms with Crippen LogP contribution in [0.4, 0.5) is 13.2 Å². The molecule has 8 atom stereocenters. The van der Waals surface area contributed by atoms with Crippen LogP contribution in [0, 0.1) is 23.7 Å². The molecule has 0 radical (unpaired) electrons. The van der Waals surface area contributed by atoms with Crippen molar-refractivity contribution in [2.45, 2.75) is 74.8 Å². The van der Waals surface area contributed by atoms with Crippen molar-refractivity contribution >= 4 is 15.9 Å². The molecule has 0 aromatic carbocycles. The Kier molecular flexibility index (Phi) is 3.72. The molecule has 4 heterocycles. The smallest absolute Gasteiger partial charge is 0.322 e. The van der Waals surface area contributed by atoms with Gasteiger partial charge in [-0.2, -0.15) is 13.2 Å². The predicted octanol–water partition coefficient (Wildman–Crippen LogP) is 4.52. The second-order valence-electron chi connectivity index (χ2n) is 7.96. The van der Waals surface area contributed by atoms with Crippen LogP contribution in [0.3, 0.4) is 0 Å². The van der Waals surface area contributed by atoms with Crippen LogP contribution in [-0.2, 0) is 19.2 Å². The van der Waals surface area contributed by atoms with Gasteiger partial charge in [-0.3, -0.25) is 0 Å². The maximum absolute atomic E-state index is 13.8. The molecule has 24 heavy (non-hydrogen) atoms. The minimum atomic E-state index is -4.55. The van der Waals surface area contributed by atoms with Crippen LogP contribution in [0.1, 0.15) is 46.5 Å². The first-order chi connectivity index (χ1) is 11.0. The van der Waals surface area contributed by atoms with Crippen LogP contribution in [0.25, 0.3) is 0 Å². The van der Waals surface area contributed by atoms with Gasteiger partial charge in [-0.1, -0.05) is 13.8 Å². The van der Waals surface area contributed by atoms with E-state index in [0.29, 0.717) is 18.8 Å². The highest BCUT2D eigenvalue weighted by molar-refractivity contribution is 9.10. The summed E-state index contributed by atoms with van der Waals surface area (Å²) in [5.41, 5.74) is -0.977. The molecule has 0 aromatic heterocycles. The minimum absolute atomic E-state index is 0.0540. The summed E-state index contributed by atoms with van der Waals surface area (Å²) in [6, 6.07) is 0. The lowest BCUT2D eigenvalue weighted by atomic mass is 9.57. The molecule has 8 heteroatoms. The fourth-order valence-electron chi connectivity index (χ4n) is 5.23. The third-order valence-corrected chi connectivity index (χ3v) is 7.99. The van der Waals surface area contributed by atoms with Gasteiger partial charge < -0.3 is 9.47 Å². The average molecular weight is 415 g/mol. The molecule has 4 saturated heterocycles. The van der Waals surface area contributed by atoms with E-state index in [2.05, 4.69) is 22.9 Å². The number of rotatable bonds is 0. The predicted molar refractivity (Wildman–Crippen MR) is 80.8 cm³/mol. The van der Waals surface area contributed by atoms with Crippen LogP contribution in [0.5, 0.6) is 0 Å². The van der Waals surface area contributed by atoms with Gasteiger partial charge in [-0.05, 0) is 54.0 Å². The van der Waals surface area contributed by atoms with Crippen LogP contribution in [0.2, 0.25) is 0 Å². The Morgan fingerprint density at radius 2 is 1.71 bits per heavy atom.